The van der Waals surface area contributed by atoms with E-state index in [0.717, 1.165) is 30.5 Å². The lowest BCUT2D eigenvalue weighted by Crippen LogP contribution is -2.33. The van der Waals surface area contributed by atoms with Crippen LogP contribution in [0.4, 0.5) is 0 Å². The van der Waals surface area contributed by atoms with Crippen LogP contribution < -0.4 is 0 Å². The zero-order valence-electron chi connectivity index (χ0n) is 7.96. The Kier molecular flexibility index (Phi) is 1.50. The molecule has 1 saturated carbocycles. The van der Waals surface area contributed by atoms with Crippen molar-refractivity contribution in [1.82, 2.24) is 4.98 Å². The highest BCUT2D eigenvalue weighted by Crippen LogP contribution is 2.41. The molecule has 14 heavy (non-hydrogen) atoms. The summed E-state index contributed by atoms with van der Waals surface area (Å²) in [4.78, 5) is 3.29. The number of H-pyrrole nitrogens is 1. The molecule has 0 amide bonds. The van der Waals surface area contributed by atoms with Gasteiger partial charge in [0, 0.05) is 11.2 Å². The second kappa shape index (κ2) is 2.61. The van der Waals surface area contributed by atoms with E-state index in [1.165, 1.54) is 5.39 Å². The predicted octanol–water partition coefficient (Wildman–Crippen LogP) is 2.54. The Bertz CT molecular complexity index is 435. The molecule has 0 spiro atoms. The van der Waals surface area contributed by atoms with E-state index in [4.69, 9.17) is 0 Å². The molecule has 72 valence electrons. The summed E-state index contributed by atoms with van der Waals surface area (Å²) in [6.45, 7) is 0. The van der Waals surface area contributed by atoms with E-state index in [2.05, 4.69) is 17.1 Å². The Morgan fingerprint density at radius 1 is 1.21 bits per heavy atom. The van der Waals surface area contributed by atoms with Gasteiger partial charge in [0.05, 0.1) is 0 Å². The molecule has 1 aliphatic carbocycles. The first kappa shape index (κ1) is 8.06. The number of fused-ring (bicyclic) bond motifs is 1. The van der Waals surface area contributed by atoms with Crippen molar-refractivity contribution in [3.05, 3.63) is 36.0 Å². The van der Waals surface area contributed by atoms with Crippen molar-refractivity contribution < 1.29 is 5.11 Å². The maximum atomic E-state index is 10.2. The molecule has 0 radical (unpaired) electrons. The van der Waals surface area contributed by atoms with Gasteiger partial charge >= 0.3 is 0 Å². The summed E-state index contributed by atoms with van der Waals surface area (Å²) >= 11 is 0. The van der Waals surface area contributed by atoms with Gasteiger partial charge in [-0.15, -0.1) is 0 Å². The van der Waals surface area contributed by atoms with Gasteiger partial charge in [-0.25, -0.2) is 0 Å². The molecule has 1 aromatic heterocycles. The Morgan fingerprint density at radius 3 is 2.64 bits per heavy atom. The molecule has 0 bridgehead atoms. The van der Waals surface area contributed by atoms with Gasteiger partial charge in [0.25, 0.3) is 0 Å². The molecule has 0 saturated heterocycles. The maximum absolute atomic E-state index is 10.2. The summed E-state index contributed by atoms with van der Waals surface area (Å²) in [6.07, 6.45) is 2.91. The summed E-state index contributed by atoms with van der Waals surface area (Å²) < 4.78 is 0. The van der Waals surface area contributed by atoms with E-state index in [1.54, 1.807) is 0 Å². The largest absolute Gasteiger partial charge is 0.384 e. The molecule has 2 nitrogen and oxygen atoms in total. The van der Waals surface area contributed by atoms with Crippen LogP contribution in [0.2, 0.25) is 0 Å². The fourth-order valence-corrected chi connectivity index (χ4v) is 2.11. The summed E-state index contributed by atoms with van der Waals surface area (Å²) in [5.74, 6) is 0. The van der Waals surface area contributed by atoms with Crippen LogP contribution in [0.15, 0.2) is 30.3 Å². The highest BCUT2D eigenvalue weighted by molar-refractivity contribution is 5.80. The Labute approximate surface area is 82.6 Å². The summed E-state index contributed by atoms with van der Waals surface area (Å²) in [7, 11) is 0. The van der Waals surface area contributed by atoms with Crippen molar-refractivity contribution in [2.24, 2.45) is 0 Å². The second-order valence-electron chi connectivity index (χ2n) is 4.16. The summed E-state index contributed by atoms with van der Waals surface area (Å²) in [5, 5.41) is 11.3. The fourth-order valence-electron chi connectivity index (χ4n) is 2.11. The molecule has 1 fully saturated rings. The van der Waals surface area contributed by atoms with Crippen molar-refractivity contribution in [2.75, 3.05) is 0 Å². The Balaban J connectivity index is 2.14. The third-order valence-electron chi connectivity index (χ3n) is 3.21. The number of hydrogen-bond donors (Lipinski definition) is 2. The molecule has 1 aromatic carbocycles. The lowest BCUT2D eigenvalue weighted by Gasteiger charge is -2.35. The number of hydrogen-bond acceptors (Lipinski definition) is 1. The smallest absolute Gasteiger partial charge is 0.104 e. The van der Waals surface area contributed by atoms with Gasteiger partial charge in [0.15, 0.2) is 0 Å². The van der Waals surface area contributed by atoms with Gasteiger partial charge < -0.3 is 10.1 Å². The number of aromatic nitrogens is 1. The SMILES string of the molecule is OC1(c2cc3ccccc3[nH]2)CCC1. The van der Waals surface area contributed by atoms with Gasteiger partial charge in [-0.1, -0.05) is 18.2 Å². The highest BCUT2D eigenvalue weighted by Gasteiger charge is 2.37. The van der Waals surface area contributed by atoms with Gasteiger partial charge in [-0.2, -0.15) is 0 Å². The second-order valence-corrected chi connectivity index (χ2v) is 4.16. The highest BCUT2D eigenvalue weighted by atomic mass is 16.3. The van der Waals surface area contributed by atoms with Crippen molar-refractivity contribution in [2.45, 2.75) is 24.9 Å². The Hall–Kier alpha value is -1.28. The van der Waals surface area contributed by atoms with Crippen molar-refractivity contribution in [3.8, 4) is 0 Å². The van der Waals surface area contributed by atoms with Gasteiger partial charge in [-0.05, 0) is 36.8 Å². The third-order valence-corrected chi connectivity index (χ3v) is 3.21. The topological polar surface area (TPSA) is 36.0 Å². The monoisotopic (exact) mass is 187 g/mol. The number of rotatable bonds is 1. The van der Waals surface area contributed by atoms with Crippen LogP contribution in [0, 0.1) is 0 Å². The molecule has 0 unspecified atom stereocenters. The lowest BCUT2D eigenvalue weighted by molar-refractivity contribution is -0.0420. The molecular weight excluding hydrogens is 174 g/mol. The molecule has 1 heterocycles. The fraction of sp³-hybridized carbons (Fsp3) is 0.333. The molecule has 2 heteroatoms. The standard InChI is InChI=1S/C12H13NO/c14-12(6-3-7-12)11-8-9-4-1-2-5-10(9)13-11/h1-2,4-5,8,13-14H,3,6-7H2. The maximum Gasteiger partial charge on any atom is 0.104 e. The van der Waals surface area contributed by atoms with E-state index in [9.17, 15) is 5.11 Å². The number of nitrogens with one attached hydrogen (secondary N) is 1. The first-order chi connectivity index (χ1) is 6.78. The van der Waals surface area contributed by atoms with Crippen LogP contribution in [-0.2, 0) is 5.60 Å². The lowest BCUT2D eigenvalue weighted by atomic mass is 9.78. The molecule has 2 N–H and O–H groups in total. The number of aliphatic hydroxyl groups is 1. The van der Waals surface area contributed by atoms with E-state index in [-0.39, 0.29) is 0 Å². The molecular formula is C12H13NO. The molecule has 0 atom stereocenters. The van der Waals surface area contributed by atoms with Crippen molar-refractivity contribution in [3.63, 3.8) is 0 Å². The number of para-hydroxylation sites is 1. The minimum Gasteiger partial charge on any atom is -0.384 e. The first-order valence-electron chi connectivity index (χ1n) is 5.09. The summed E-state index contributed by atoms with van der Waals surface area (Å²) in [5.41, 5.74) is 1.52. The van der Waals surface area contributed by atoms with Crippen LogP contribution in [0.3, 0.4) is 0 Å². The van der Waals surface area contributed by atoms with E-state index in [0.29, 0.717) is 0 Å². The molecule has 1 aliphatic rings. The van der Waals surface area contributed by atoms with Gasteiger partial charge in [-0.3, -0.25) is 0 Å². The van der Waals surface area contributed by atoms with Crippen molar-refractivity contribution in [1.29, 1.82) is 0 Å². The average Bonchev–Trinajstić information content (AvgIpc) is 2.57. The predicted molar refractivity (Wildman–Crippen MR) is 56.0 cm³/mol. The van der Waals surface area contributed by atoms with Gasteiger partial charge in [0.1, 0.15) is 5.60 Å². The molecule has 2 aromatic rings. The van der Waals surface area contributed by atoms with E-state index < -0.39 is 5.60 Å². The normalized spacial score (nSPS) is 19.5. The minimum absolute atomic E-state index is 0.570. The van der Waals surface area contributed by atoms with Crippen LogP contribution in [0.5, 0.6) is 0 Å². The van der Waals surface area contributed by atoms with E-state index in [1.807, 2.05) is 18.2 Å². The molecule has 3 rings (SSSR count). The van der Waals surface area contributed by atoms with Crippen LogP contribution in [-0.4, -0.2) is 10.1 Å². The number of aromatic amines is 1. The van der Waals surface area contributed by atoms with Crippen LogP contribution in [0.25, 0.3) is 10.9 Å². The molecule has 0 aliphatic heterocycles. The third kappa shape index (κ3) is 1.01. The zero-order valence-corrected chi connectivity index (χ0v) is 7.96. The first-order valence-corrected chi connectivity index (χ1v) is 5.09. The minimum atomic E-state index is -0.570. The number of benzene rings is 1. The van der Waals surface area contributed by atoms with Gasteiger partial charge in [0.2, 0.25) is 0 Å². The quantitative estimate of drug-likeness (QED) is 0.707. The zero-order chi connectivity index (χ0) is 9.60. The van der Waals surface area contributed by atoms with Crippen molar-refractivity contribution >= 4 is 10.9 Å². The van der Waals surface area contributed by atoms with Crippen LogP contribution in [0.1, 0.15) is 25.0 Å². The summed E-state index contributed by atoms with van der Waals surface area (Å²) in [6, 6.07) is 10.2. The Morgan fingerprint density at radius 2 is 2.00 bits per heavy atom. The van der Waals surface area contributed by atoms with Crippen LogP contribution >= 0.6 is 0 Å². The van der Waals surface area contributed by atoms with E-state index >= 15 is 0 Å². The average molecular weight is 187 g/mol.